The van der Waals surface area contributed by atoms with Gasteiger partial charge in [0.15, 0.2) is 0 Å². The zero-order valence-electron chi connectivity index (χ0n) is 37.2. The average molecular weight is 995 g/mol. The number of benzene rings is 6. The molecule has 0 bridgehead atoms. The molecule has 0 unspecified atom stereocenters. The minimum atomic E-state index is -0.499. The van der Waals surface area contributed by atoms with E-state index in [0.29, 0.717) is 0 Å². The smallest absolute Gasteiger partial charge is 0.147 e. The highest BCUT2D eigenvalue weighted by Crippen LogP contribution is 2.52. The van der Waals surface area contributed by atoms with Crippen LogP contribution in [-0.2, 0) is 60.3 Å². The summed E-state index contributed by atoms with van der Waals surface area (Å²) in [5, 5.41) is 2.38. The third-order valence-corrected chi connectivity index (χ3v) is 14.7. The molecule has 336 valence electrons. The Morgan fingerprint density at radius 3 is 0.812 bits per heavy atom. The van der Waals surface area contributed by atoms with Crippen LogP contribution in [0.25, 0.3) is 33.0 Å². The Bertz CT molecular complexity index is 2250. The monoisotopic (exact) mass is 992 g/mol. The van der Waals surface area contributed by atoms with Crippen molar-refractivity contribution in [2.24, 2.45) is 0 Å². The van der Waals surface area contributed by atoms with Crippen LogP contribution in [0.4, 0.5) is 0 Å². The van der Waals surface area contributed by atoms with E-state index in [0.717, 1.165) is 93.7 Å². The number of rotatable bonds is 18. The van der Waals surface area contributed by atoms with E-state index >= 15 is 0 Å². The molecule has 0 amide bonds. The number of methoxy groups -OCH3 is 4. The summed E-state index contributed by atoms with van der Waals surface area (Å²) >= 11 is 7.17. The van der Waals surface area contributed by atoms with Gasteiger partial charge in [-0.3, -0.25) is 0 Å². The number of hydrogen-bond donors (Lipinski definition) is 0. The van der Waals surface area contributed by atoms with Crippen LogP contribution in [0.5, 0.6) is 0 Å². The first-order chi connectivity index (χ1) is 31.2. The molecule has 6 aromatic carbocycles. The van der Waals surface area contributed by atoms with Crippen molar-refractivity contribution in [3.63, 3.8) is 0 Å². The highest BCUT2D eigenvalue weighted by molar-refractivity contribution is 9.10. The molecule has 6 aromatic rings. The first-order valence-corrected chi connectivity index (χ1v) is 23.6. The fourth-order valence-corrected chi connectivity index (χ4v) is 10.4. The van der Waals surface area contributed by atoms with Crippen molar-refractivity contribution in [2.45, 2.75) is 73.8 Å². The lowest BCUT2D eigenvalue weighted by atomic mass is 9.70. The molecule has 0 aromatic heterocycles. The molecule has 2 aliphatic rings. The van der Waals surface area contributed by atoms with Crippen LogP contribution in [0, 0.1) is 0 Å². The third kappa shape index (κ3) is 9.98. The SMILES string of the molecule is COCOC1(c2ccc(Br)cc2)CCC(OCOC)(c2ccc(-c3ccc4cc(-c5ccc(C6(OCOC)CCC(OCOC)(c7ccc(Br)cc7)CC6)cc5)ccc4c3)cc2)CC1. The quantitative estimate of drug-likeness (QED) is 0.0789. The van der Waals surface area contributed by atoms with Gasteiger partial charge >= 0.3 is 0 Å². The van der Waals surface area contributed by atoms with E-state index in [9.17, 15) is 0 Å². The van der Waals surface area contributed by atoms with Crippen molar-refractivity contribution in [3.05, 3.63) is 165 Å². The van der Waals surface area contributed by atoms with Crippen molar-refractivity contribution in [1.82, 2.24) is 0 Å². The van der Waals surface area contributed by atoms with Crippen LogP contribution in [-0.4, -0.2) is 55.6 Å². The summed E-state index contributed by atoms with van der Waals surface area (Å²) in [5.74, 6) is 0. The Hall–Kier alpha value is -3.78. The second kappa shape index (κ2) is 20.8. The van der Waals surface area contributed by atoms with E-state index in [1.165, 1.54) is 21.9 Å². The molecule has 64 heavy (non-hydrogen) atoms. The summed E-state index contributed by atoms with van der Waals surface area (Å²) in [7, 11) is 6.69. The van der Waals surface area contributed by atoms with Gasteiger partial charge in [-0.2, -0.15) is 0 Å². The van der Waals surface area contributed by atoms with E-state index in [1.807, 2.05) is 0 Å². The molecule has 0 heterocycles. The van der Waals surface area contributed by atoms with E-state index in [4.69, 9.17) is 37.9 Å². The molecule has 2 saturated carbocycles. The summed E-state index contributed by atoms with van der Waals surface area (Å²) in [4.78, 5) is 0. The molecule has 0 saturated heterocycles. The van der Waals surface area contributed by atoms with Crippen molar-refractivity contribution in [2.75, 3.05) is 55.6 Å². The summed E-state index contributed by atoms with van der Waals surface area (Å²) in [6.45, 7) is 0.885. The lowest BCUT2D eigenvalue weighted by Crippen LogP contribution is -2.43. The Balaban J connectivity index is 0.980. The number of hydrogen-bond acceptors (Lipinski definition) is 8. The normalized spacial score (nSPS) is 23.7. The van der Waals surface area contributed by atoms with Gasteiger partial charge < -0.3 is 37.9 Å². The molecule has 0 spiro atoms. The largest absolute Gasteiger partial charge is 0.359 e. The second-order valence-electron chi connectivity index (χ2n) is 17.1. The predicted octanol–water partition coefficient (Wildman–Crippen LogP) is 13.5. The van der Waals surface area contributed by atoms with Crippen LogP contribution < -0.4 is 0 Å². The van der Waals surface area contributed by atoms with Crippen LogP contribution in [0.15, 0.2) is 142 Å². The van der Waals surface area contributed by atoms with Crippen LogP contribution in [0.1, 0.15) is 73.6 Å². The molecule has 0 atom stereocenters. The fourth-order valence-electron chi connectivity index (χ4n) is 9.91. The molecule has 2 aliphatic carbocycles. The highest BCUT2D eigenvalue weighted by atomic mass is 79.9. The minimum absolute atomic E-state index is 0.215. The summed E-state index contributed by atoms with van der Waals surface area (Å²) < 4.78 is 49.8. The summed E-state index contributed by atoms with van der Waals surface area (Å²) in [6, 6.07) is 48.0. The van der Waals surface area contributed by atoms with Crippen molar-refractivity contribution in [1.29, 1.82) is 0 Å². The molecular formula is C54H58Br2O8. The molecule has 10 heteroatoms. The Labute approximate surface area is 394 Å². The highest BCUT2D eigenvalue weighted by Gasteiger charge is 2.48. The predicted molar refractivity (Wildman–Crippen MR) is 259 cm³/mol. The molecule has 0 aliphatic heterocycles. The first kappa shape index (κ1) is 46.7. The lowest BCUT2D eigenvalue weighted by molar-refractivity contribution is -0.203. The maximum atomic E-state index is 6.57. The molecule has 2 fully saturated rings. The van der Waals surface area contributed by atoms with Gasteiger partial charge in [0.2, 0.25) is 0 Å². The van der Waals surface area contributed by atoms with Crippen molar-refractivity contribution < 1.29 is 37.9 Å². The lowest BCUT2D eigenvalue weighted by Gasteiger charge is -2.46. The molecule has 0 radical (unpaired) electrons. The Morgan fingerprint density at radius 2 is 0.562 bits per heavy atom. The van der Waals surface area contributed by atoms with Gasteiger partial charge in [0.05, 0.1) is 22.4 Å². The van der Waals surface area contributed by atoms with E-state index in [-0.39, 0.29) is 27.2 Å². The zero-order chi connectivity index (χ0) is 44.6. The van der Waals surface area contributed by atoms with Gasteiger partial charge in [-0.05, 0) is 143 Å². The maximum absolute atomic E-state index is 6.57. The second-order valence-corrected chi connectivity index (χ2v) is 19.0. The third-order valence-electron chi connectivity index (χ3n) is 13.6. The fraction of sp³-hybridized carbons (Fsp3) is 0.370. The van der Waals surface area contributed by atoms with Gasteiger partial charge in [-0.25, -0.2) is 0 Å². The number of fused-ring (bicyclic) bond motifs is 1. The van der Waals surface area contributed by atoms with Gasteiger partial charge in [0.25, 0.3) is 0 Å². The van der Waals surface area contributed by atoms with Crippen molar-refractivity contribution in [3.8, 4) is 22.3 Å². The Kier molecular flexibility index (Phi) is 15.2. The zero-order valence-corrected chi connectivity index (χ0v) is 40.4. The molecule has 8 rings (SSSR count). The maximum Gasteiger partial charge on any atom is 0.147 e. The van der Waals surface area contributed by atoms with Crippen LogP contribution in [0.3, 0.4) is 0 Å². The van der Waals surface area contributed by atoms with Crippen LogP contribution in [0.2, 0.25) is 0 Å². The van der Waals surface area contributed by atoms with Gasteiger partial charge in [-0.15, -0.1) is 0 Å². The summed E-state index contributed by atoms with van der Waals surface area (Å²) in [5.41, 5.74) is 7.31. The van der Waals surface area contributed by atoms with Gasteiger partial charge in [-0.1, -0.05) is 129 Å². The topological polar surface area (TPSA) is 73.8 Å². The van der Waals surface area contributed by atoms with Crippen LogP contribution >= 0.6 is 31.9 Å². The minimum Gasteiger partial charge on any atom is -0.359 e. The Morgan fingerprint density at radius 1 is 0.328 bits per heavy atom. The van der Waals surface area contributed by atoms with E-state index in [1.54, 1.807) is 28.4 Å². The molecular weight excluding hydrogens is 936 g/mol. The van der Waals surface area contributed by atoms with Gasteiger partial charge in [0.1, 0.15) is 27.2 Å². The van der Waals surface area contributed by atoms with Gasteiger partial charge in [0, 0.05) is 37.4 Å². The number of halogens is 2. The van der Waals surface area contributed by atoms with E-state index < -0.39 is 22.4 Å². The average Bonchev–Trinajstić information content (AvgIpc) is 3.35. The molecule has 0 N–H and O–H groups in total. The van der Waals surface area contributed by atoms with E-state index in [2.05, 4.69) is 165 Å². The molecule has 8 nitrogen and oxygen atoms in total. The first-order valence-electron chi connectivity index (χ1n) is 22.0. The summed E-state index contributed by atoms with van der Waals surface area (Å²) in [6.07, 6.45) is 6.23. The van der Waals surface area contributed by atoms with Crippen molar-refractivity contribution >= 4 is 42.6 Å². The number of ether oxygens (including phenoxy) is 8. The standard InChI is InChI=1S/C54H58Br2O8/c1-57-35-61-51(25-29-53(30-26-51,63-37-59-3)47-17-21-49(55)22-18-47)45-13-9-39(10-14-45)41-5-7-44-34-42(6-8-43(44)33-41)40-11-15-46(16-12-40)52(62-36-58-2)27-31-54(32-28-52,64-38-60-4)48-19-23-50(56)24-20-48/h5-24,33-34H,25-32,35-38H2,1-4H3.